The zero-order valence-electron chi connectivity index (χ0n) is 17.0. The standard InChI is InChI=1S/C22H22FN3O4S/c1-31(28,29)17-4-2-3-16(8-17)24-21(27)20-18-6-5-15(23)7-19(18)25-26(20)11-14-9-22(10-14)12-30-13-22/h2-8,14H,9-13H2,1H3,(H,24,27). The molecule has 0 radical (unpaired) electrons. The van der Waals surface area contributed by atoms with E-state index >= 15 is 0 Å². The number of hydrogen-bond donors (Lipinski definition) is 1. The summed E-state index contributed by atoms with van der Waals surface area (Å²) < 4.78 is 44.4. The van der Waals surface area contributed by atoms with Gasteiger partial charge in [0, 0.05) is 35.4 Å². The Hall–Kier alpha value is -2.78. The molecule has 1 amide bonds. The number of ether oxygens (including phenoxy) is 1. The fraction of sp³-hybridized carbons (Fsp3) is 0.364. The Morgan fingerprint density at radius 3 is 2.71 bits per heavy atom. The smallest absolute Gasteiger partial charge is 0.274 e. The van der Waals surface area contributed by atoms with Gasteiger partial charge in [0.05, 0.1) is 23.6 Å². The maximum absolute atomic E-state index is 13.8. The minimum absolute atomic E-state index is 0.119. The molecule has 5 rings (SSSR count). The number of carbonyl (C=O) groups excluding carboxylic acids is 1. The summed E-state index contributed by atoms with van der Waals surface area (Å²) in [5.74, 6) is -0.455. The molecule has 31 heavy (non-hydrogen) atoms. The van der Waals surface area contributed by atoms with E-state index in [-0.39, 0.29) is 10.3 Å². The molecule has 2 fully saturated rings. The van der Waals surface area contributed by atoms with E-state index in [0.29, 0.717) is 34.7 Å². The van der Waals surface area contributed by atoms with Crippen molar-refractivity contribution in [3.8, 4) is 0 Å². The molecule has 2 heterocycles. The second-order valence-electron chi connectivity index (χ2n) is 8.71. The molecule has 2 aromatic carbocycles. The van der Waals surface area contributed by atoms with Gasteiger partial charge in [0.15, 0.2) is 9.84 Å². The number of halogens is 1. The van der Waals surface area contributed by atoms with Crippen LogP contribution in [-0.2, 0) is 21.1 Å². The number of nitrogens with zero attached hydrogens (tertiary/aromatic N) is 2. The van der Waals surface area contributed by atoms with Crippen LogP contribution < -0.4 is 5.32 Å². The van der Waals surface area contributed by atoms with Gasteiger partial charge >= 0.3 is 0 Å². The normalized spacial score (nSPS) is 18.0. The number of nitrogens with one attached hydrogen (secondary N) is 1. The van der Waals surface area contributed by atoms with E-state index in [1.165, 1.54) is 24.3 Å². The summed E-state index contributed by atoms with van der Waals surface area (Å²) in [6.45, 7) is 2.14. The van der Waals surface area contributed by atoms with E-state index in [4.69, 9.17) is 4.74 Å². The lowest BCUT2D eigenvalue weighted by molar-refractivity contribution is -0.181. The molecule has 1 saturated carbocycles. The third-order valence-corrected chi connectivity index (χ3v) is 7.24. The van der Waals surface area contributed by atoms with Crippen LogP contribution in [0.15, 0.2) is 47.4 Å². The first-order valence-corrected chi connectivity index (χ1v) is 12.0. The van der Waals surface area contributed by atoms with Crippen molar-refractivity contribution in [3.05, 3.63) is 54.0 Å². The van der Waals surface area contributed by atoms with Crippen LogP contribution >= 0.6 is 0 Å². The van der Waals surface area contributed by atoms with E-state index in [2.05, 4.69) is 10.4 Å². The van der Waals surface area contributed by atoms with Gasteiger partial charge in [0.25, 0.3) is 5.91 Å². The molecule has 2 aliphatic rings. The summed E-state index contributed by atoms with van der Waals surface area (Å²) in [7, 11) is -3.40. The van der Waals surface area contributed by atoms with Crippen LogP contribution in [-0.4, -0.2) is 43.6 Å². The molecule has 1 spiro atoms. The molecule has 3 aromatic rings. The van der Waals surface area contributed by atoms with Gasteiger partial charge in [-0.1, -0.05) is 6.07 Å². The lowest BCUT2D eigenvalue weighted by Gasteiger charge is -2.53. The Kier molecular flexibility index (Phi) is 4.63. The molecule has 1 aromatic heterocycles. The van der Waals surface area contributed by atoms with Crippen LogP contribution in [0.5, 0.6) is 0 Å². The van der Waals surface area contributed by atoms with Gasteiger partial charge < -0.3 is 10.1 Å². The second-order valence-corrected chi connectivity index (χ2v) is 10.7. The van der Waals surface area contributed by atoms with Crippen LogP contribution in [0, 0.1) is 17.2 Å². The maximum atomic E-state index is 13.8. The topological polar surface area (TPSA) is 90.3 Å². The second kappa shape index (κ2) is 7.13. The lowest BCUT2D eigenvalue weighted by Crippen LogP contribution is -2.53. The van der Waals surface area contributed by atoms with E-state index in [1.807, 2.05) is 0 Å². The summed E-state index contributed by atoms with van der Waals surface area (Å²) in [6, 6.07) is 10.3. The van der Waals surface area contributed by atoms with Crippen molar-refractivity contribution in [2.45, 2.75) is 24.3 Å². The zero-order valence-corrected chi connectivity index (χ0v) is 17.8. The van der Waals surface area contributed by atoms with Gasteiger partial charge in [-0.15, -0.1) is 0 Å². The van der Waals surface area contributed by atoms with Crippen molar-refractivity contribution >= 4 is 32.3 Å². The number of benzene rings is 2. The van der Waals surface area contributed by atoms with Gasteiger partial charge in [-0.2, -0.15) is 5.10 Å². The van der Waals surface area contributed by atoms with Crippen LogP contribution in [0.25, 0.3) is 10.9 Å². The number of fused-ring (bicyclic) bond motifs is 1. The minimum atomic E-state index is -3.40. The van der Waals surface area contributed by atoms with Crippen molar-refractivity contribution in [1.82, 2.24) is 9.78 Å². The molecule has 0 atom stereocenters. The summed E-state index contributed by atoms with van der Waals surface area (Å²) in [4.78, 5) is 13.3. The van der Waals surface area contributed by atoms with Crippen molar-refractivity contribution in [2.75, 3.05) is 24.8 Å². The van der Waals surface area contributed by atoms with E-state index in [0.717, 1.165) is 32.3 Å². The zero-order chi connectivity index (χ0) is 21.8. The Balaban J connectivity index is 1.45. The Morgan fingerprint density at radius 2 is 2.03 bits per heavy atom. The highest BCUT2D eigenvalue weighted by Crippen LogP contribution is 2.51. The Labute approximate surface area is 179 Å². The summed E-state index contributed by atoms with van der Waals surface area (Å²) in [5.41, 5.74) is 1.41. The molecule has 9 heteroatoms. The van der Waals surface area contributed by atoms with Crippen LogP contribution in [0.3, 0.4) is 0 Å². The molecule has 0 unspecified atom stereocenters. The summed E-state index contributed by atoms with van der Waals surface area (Å²) >= 11 is 0. The largest absolute Gasteiger partial charge is 0.380 e. The van der Waals surface area contributed by atoms with Crippen LogP contribution in [0.1, 0.15) is 23.3 Å². The third-order valence-electron chi connectivity index (χ3n) is 6.13. The highest BCUT2D eigenvalue weighted by Gasteiger charge is 2.49. The first-order chi connectivity index (χ1) is 14.7. The Bertz CT molecular complexity index is 1290. The summed E-state index contributed by atoms with van der Waals surface area (Å²) in [6.07, 6.45) is 3.16. The van der Waals surface area contributed by atoms with E-state index < -0.39 is 21.6 Å². The number of hydrogen-bond acceptors (Lipinski definition) is 5. The number of sulfone groups is 1. The lowest BCUT2D eigenvalue weighted by atomic mass is 9.61. The highest BCUT2D eigenvalue weighted by molar-refractivity contribution is 7.90. The minimum Gasteiger partial charge on any atom is -0.380 e. The maximum Gasteiger partial charge on any atom is 0.274 e. The van der Waals surface area contributed by atoms with E-state index in [9.17, 15) is 17.6 Å². The number of anilines is 1. The Morgan fingerprint density at radius 1 is 1.26 bits per heavy atom. The molecular formula is C22H22FN3O4S. The highest BCUT2D eigenvalue weighted by atomic mass is 32.2. The molecule has 1 N–H and O–H groups in total. The molecule has 1 saturated heterocycles. The number of amides is 1. The predicted molar refractivity (Wildman–Crippen MR) is 113 cm³/mol. The van der Waals surface area contributed by atoms with Gasteiger partial charge in [0.2, 0.25) is 0 Å². The fourth-order valence-corrected chi connectivity index (χ4v) is 5.31. The first-order valence-electron chi connectivity index (χ1n) is 10.1. The van der Waals surface area contributed by atoms with Crippen LogP contribution in [0.2, 0.25) is 0 Å². The quantitative estimate of drug-likeness (QED) is 0.654. The van der Waals surface area contributed by atoms with Crippen LogP contribution in [0.4, 0.5) is 10.1 Å². The third kappa shape index (κ3) is 3.72. The average molecular weight is 444 g/mol. The van der Waals surface area contributed by atoms with Gasteiger partial charge in [-0.25, -0.2) is 12.8 Å². The van der Waals surface area contributed by atoms with Gasteiger partial charge in [-0.3, -0.25) is 9.48 Å². The number of aromatic nitrogens is 2. The molecule has 162 valence electrons. The molecular weight excluding hydrogens is 421 g/mol. The molecule has 0 bridgehead atoms. The van der Waals surface area contributed by atoms with Gasteiger partial charge in [0.1, 0.15) is 11.5 Å². The fourth-order valence-electron chi connectivity index (χ4n) is 4.64. The molecule has 7 nitrogen and oxygen atoms in total. The SMILES string of the molecule is CS(=O)(=O)c1cccc(NC(=O)c2c3ccc(F)cc3nn2CC2CC3(COC3)C2)c1. The first kappa shape index (κ1) is 20.1. The number of rotatable bonds is 5. The van der Waals surface area contributed by atoms with Crippen molar-refractivity contribution in [1.29, 1.82) is 0 Å². The van der Waals surface area contributed by atoms with Gasteiger partial charge in [-0.05, 0) is 49.1 Å². The van der Waals surface area contributed by atoms with E-state index in [1.54, 1.807) is 22.9 Å². The number of carbonyl (C=O) groups is 1. The monoisotopic (exact) mass is 443 g/mol. The summed E-state index contributed by atoms with van der Waals surface area (Å²) in [5, 5.41) is 7.82. The molecule has 1 aliphatic heterocycles. The predicted octanol–water partition coefficient (Wildman–Crippen LogP) is 3.26. The average Bonchev–Trinajstić information content (AvgIpc) is 2.99. The van der Waals surface area contributed by atoms with Crippen molar-refractivity contribution < 1.29 is 22.3 Å². The van der Waals surface area contributed by atoms with Crippen molar-refractivity contribution in [3.63, 3.8) is 0 Å². The molecule has 1 aliphatic carbocycles. The van der Waals surface area contributed by atoms with Crippen molar-refractivity contribution in [2.24, 2.45) is 11.3 Å².